The Balaban J connectivity index is 5.16. The Morgan fingerprint density at radius 3 is 2.42 bits per heavy atom. The van der Waals surface area contributed by atoms with Crippen molar-refractivity contribution in [3.8, 4) is 0 Å². The summed E-state index contributed by atoms with van der Waals surface area (Å²) >= 11 is 0. The van der Waals surface area contributed by atoms with Gasteiger partial charge in [-0.2, -0.15) is 0 Å². The van der Waals surface area contributed by atoms with Crippen molar-refractivity contribution in [3.63, 3.8) is 0 Å². The van der Waals surface area contributed by atoms with Crippen molar-refractivity contribution in [2.45, 2.75) is 6.92 Å². The standard InChI is InChI=1S/C9H12N2O/c1-3-5-8(9(11)12)7(4-2)6-10/h3-6,10H,2H2,1H3,(H2,11,12)/b5-3-,8-7-,10-6?. The number of nitrogens with one attached hydrogen (secondary N) is 1. The van der Waals surface area contributed by atoms with Crippen LogP contribution in [-0.4, -0.2) is 12.1 Å². The Hall–Kier alpha value is -1.64. The molecule has 0 rings (SSSR count). The minimum Gasteiger partial charge on any atom is -0.366 e. The zero-order chi connectivity index (χ0) is 9.56. The molecule has 0 aromatic rings. The Bertz CT molecular complexity index is 252. The second kappa shape index (κ2) is 5.07. The lowest BCUT2D eigenvalue weighted by Gasteiger charge is -1.98. The number of hydrogen-bond donors (Lipinski definition) is 2. The first-order valence-corrected chi connectivity index (χ1v) is 3.47. The van der Waals surface area contributed by atoms with Gasteiger partial charge < -0.3 is 11.1 Å². The highest BCUT2D eigenvalue weighted by Gasteiger charge is 2.03. The van der Waals surface area contributed by atoms with Crippen LogP contribution in [0.3, 0.4) is 0 Å². The normalized spacial score (nSPS) is 12.4. The second-order valence-electron chi connectivity index (χ2n) is 2.08. The Labute approximate surface area is 71.8 Å². The molecule has 0 aliphatic carbocycles. The molecule has 0 spiro atoms. The third-order valence-corrected chi connectivity index (χ3v) is 1.29. The SMILES string of the molecule is C=C/C(C=N)=C(\C=C/C)C(N)=O. The topological polar surface area (TPSA) is 66.9 Å². The average Bonchev–Trinajstić information content (AvgIpc) is 2.05. The molecule has 3 N–H and O–H groups in total. The first-order chi connectivity index (χ1) is 5.67. The molecule has 0 heterocycles. The smallest absolute Gasteiger partial charge is 0.249 e. The van der Waals surface area contributed by atoms with Crippen LogP contribution in [0.1, 0.15) is 6.92 Å². The van der Waals surface area contributed by atoms with Crippen LogP contribution in [0.4, 0.5) is 0 Å². The average molecular weight is 164 g/mol. The van der Waals surface area contributed by atoms with Crippen LogP contribution in [0.25, 0.3) is 0 Å². The van der Waals surface area contributed by atoms with Crippen LogP contribution >= 0.6 is 0 Å². The third-order valence-electron chi connectivity index (χ3n) is 1.29. The molecule has 0 saturated carbocycles. The van der Waals surface area contributed by atoms with Crippen LogP contribution in [-0.2, 0) is 4.79 Å². The van der Waals surface area contributed by atoms with Gasteiger partial charge in [-0.05, 0) is 6.92 Å². The minimum absolute atomic E-state index is 0.308. The van der Waals surface area contributed by atoms with Gasteiger partial charge in [0.2, 0.25) is 5.91 Å². The quantitative estimate of drug-likeness (QED) is 0.365. The number of primary amides is 1. The summed E-state index contributed by atoms with van der Waals surface area (Å²) in [6.07, 6.45) is 5.72. The summed E-state index contributed by atoms with van der Waals surface area (Å²) in [5, 5.41) is 6.97. The Kier molecular flexibility index (Phi) is 4.38. The van der Waals surface area contributed by atoms with E-state index in [0.717, 1.165) is 6.21 Å². The molecule has 12 heavy (non-hydrogen) atoms. The fourth-order valence-corrected chi connectivity index (χ4v) is 0.734. The van der Waals surface area contributed by atoms with Gasteiger partial charge in [-0.1, -0.05) is 24.8 Å². The third kappa shape index (κ3) is 2.54. The summed E-state index contributed by atoms with van der Waals surface area (Å²) < 4.78 is 0. The van der Waals surface area contributed by atoms with E-state index in [2.05, 4.69) is 6.58 Å². The lowest BCUT2D eigenvalue weighted by atomic mass is 10.1. The van der Waals surface area contributed by atoms with Crippen LogP contribution in [0.15, 0.2) is 36.0 Å². The Morgan fingerprint density at radius 2 is 2.17 bits per heavy atom. The summed E-state index contributed by atoms with van der Waals surface area (Å²) in [6, 6.07) is 0. The van der Waals surface area contributed by atoms with E-state index in [1.165, 1.54) is 6.08 Å². The van der Waals surface area contributed by atoms with Crippen molar-refractivity contribution in [3.05, 3.63) is 36.0 Å². The molecular formula is C9H12N2O. The summed E-state index contributed by atoms with van der Waals surface area (Å²) in [7, 11) is 0. The number of hydrogen-bond acceptors (Lipinski definition) is 2. The molecule has 64 valence electrons. The van der Waals surface area contributed by atoms with Crippen LogP contribution < -0.4 is 5.73 Å². The number of amides is 1. The maximum Gasteiger partial charge on any atom is 0.249 e. The molecule has 0 aromatic heterocycles. The number of carbonyl (C=O) groups is 1. The summed E-state index contributed by atoms with van der Waals surface area (Å²) in [5.41, 5.74) is 5.81. The van der Waals surface area contributed by atoms with E-state index < -0.39 is 5.91 Å². The van der Waals surface area contributed by atoms with Gasteiger partial charge in [0, 0.05) is 17.4 Å². The van der Waals surface area contributed by atoms with Gasteiger partial charge in [0.1, 0.15) is 0 Å². The van der Waals surface area contributed by atoms with Crippen molar-refractivity contribution in [2.24, 2.45) is 5.73 Å². The van der Waals surface area contributed by atoms with E-state index in [1.807, 2.05) is 0 Å². The van der Waals surface area contributed by atoms with Crippen LogP contribution in [0, 0.1) is 5.41 Å². The van der Waals surface area contributed by atoms with Crippen molar-refractivity contribution >= 4 is 12.1 Å². The van der Waals surface area contributed by atoms with Gasteiger partial charge in [-0.3, -0.25) is 4.79 Å². The van der Waals surface area contributed by atoms with Gasteiger partial charge in [-0.15, -0.1) is 0 Å². The molecule has 0 bridgehead atoms. The monoisotopic (exact) mass is 164 g/mol. The second-order valence-corrected chi connectivity index (χ2v) is 2.08. The Morgan fingerprint density at radius 1 is 1.58 bits per heavy atom. The molecule has 1 amide bonds. The fourth-order valence-electron chi connectivity index (χ4n) is 0.734. The fraction of sp³-hybridized carbons (Fsp3) is 0.111. The zero-order valence-corrected chi connectivity index (χ0v) is 7.00. The lowest BCUT2D eigenvalue weighted by molar-refractivity contribution is -0.114. The van der Waals surface area contributed by atoms with E-state index in [1.54, 1.807) is 19.1 Å². The summed E-state index contributed by atoms with van der Waals surface area (Å²) in [5.74, 6) is -0.550. The first kappa shape index (κ1) is 10.4. The van der Waals surface area contributed by atoms with E-state index in [0.29, 0.717) is 11.1 Å². The van der Waals surface area contributed by atoms with Crippen LogP contribution in [0.5, 0.6) is 0 Å². The van der Waals surface area contributed by atoms with E-state index in [-0.39, 0.29) is 0 Å². The van der Waals surface area contributed by atoms with Gasteiger partial charge in [0.25, 0.3) is 0 Å². The highest BCUT2D eigenvalue weighted by Crippen LogP contribution is 2.04. The maximum absolute atomic E-state index is 10.8. The molecule has 3 heteroatoms. The van der Waals surface area contributed by atoms with Gasteiger partial charge >= 0.3 is 0 Å². The molecule has 0 aromatic carbocycles. The maximum atomic E-state index is 10.8. The van der Waals surface area contributed by atoms with E-state index in [9.17, 15) is 4.79 Å². The largest absolute Gasteiger partial charge is 0.366 e. The molecule has 0 unspecified atom stereocenters. The molecule has 0 aliphatic heterocycles. The van der Waals surface area contributed by atoms with Crippen LogP contribution in [0.2, 0.25) is 0 Å². The molecule has 3 nitrogen and oxygen atoms in total. The van der Waals surface area contributed by atoms with Crippen molar-refractivity contribution in [2.75, 3.05) is 0 Å². The van der Waals surface area contributed by atoms with Gasteiger partial charge in [0.15, 0.2) is 0 Å². The van der Waals surface area contributed by atoms with Gasteiger partial charge in [0.05, 0.1) is 0 Å². The number of nitrogens with two attached hydrogens (primary N) is 1. The predicted octanol–water partition coefficient (Wildman–Crippen LogP) is 1.18. The molecule has 0 atom stereocenters. The zero-order valence-electron chi connectivity index (χ0n) is 7.00. The van der Waals surface area contributed by atoms with Crippen molar-refractivity contribution < 1.29 is 4.79 Å². The summed E-state index contributed by atoms with van der Waals surface area (Å²) in [6.45, 7) is 5.24. The molecule has 0 aliphatic rings. The highest BCUT2D eigenvalue weighted by molar-refractivity contribution is 6.02. The molecule has 0 fully saturated rings. The minimum atomic E-state index is -0.550. The highest BCUT2D eigenvalue weighted by atomic mass is 16.1. The number of carbonyl (C=O) groups excluding carboxylic acids is 1. The predicted molar refractivity (Wildman–Crippen MR) is 50.0 cm³/mol. The van der Waals surface area contributed by atoms with E-state index in [4.69, 9.17) is 11.1 Å². The molecule has 0 saturated heterocycles. The van der Waals surface area contributed by atoms with Gasteiger partial charge in [-0.25, -0.2) is 0 Å². The first-order valence-electron chi connectivity index (χ1n) is 3.47. The summed E-state index contributed by atoms with van der Waals surface area (Å²) in [4.78, 5) is 10.8. The molecular weight excluding hydrogens is 152 g/mol. The van der Waals surface area contributed by atoms with Crippen molar-refractivity contribution in [1.29, 1.82) is 5.41 Å². The van der Waals surface area contributed by atoms with E-state index >= 15 is 0 Å². The molecule has 0 radical (unpaired) electrons. The lowest BCUT2D eigenvalue weighted by Crippen LogP contribution is -2.14. The van der Waals surface area contributed by atoms with Crippen molar-refractivity contribution in [1.82, 2.24) is 0 Å². The number of allylic oxidation sites excluding steroid dienone is 3. The number of rotatable bonds is 4.